The predicted octanol–water partition coefficient (Wildman–Crippen LogP) is 4.06. The van der Waals surface area contributed by atoms with Crippen LogP contribution in [0.1, 0.15) is 31.4 Å². The maximum absolute atomic E-state index is 12.2. The van der Waals surface area contributed by atoms with Crippen LogP contribution < -0.4 is 10.1 Å². The van der Waals surface area contributed by atoms with Crippen molar-refractivity contribution in [3.8, 4) is 5.75 Å². The third-order valence-corrected chi connectivity index (χ3v) is 5.12. The minimum absolute atomic E-state index is 0.229. The lowest BCUT2D eigenvalue weighted by molar-refractivity contribution is -0.122. The standard InChI is InChI=1S/C16H21N3O2S2/c1-5-6-22-16-19-18-15(23-16)17-14(20)12(4)21-13-8-10(2)7-11(3)9-13/h7-9,12H,5-6H2,1-4H3,(H,17,18,20)/t12-/m0/s1. The largest absolute Gasteiger partial charge is 0.481 e. The van der Waals surface area contributed by atoms with Gasteiger partial charge in [-0.05, 0) is 50.5 Å². The van der Waals surface area contributed by atoms with E-state index >= 15 is 0 Å². The van der Waals surface area contributed by atoms with Gasteiger partial charge >= 0.3 is 0 Å². The van der Waals surface area contributed by atoms with Gasteiger partial charge in [0.15, 0.2) is 10.4 Å². The highest BCUT2D eigenvalue weighted by molar-refractivity contribution is 8.01. The molecule has 23 heavy (non-hydrogen) atoms. The molecule has 1 atom stereocenters. The Balaban J connectivity index is 1.93. The average Bonchev–Trinajstić information content (AvgIpc) is 2.91. The van der Waals surface area contributed by atoms with Crippen LogP contribution in [0.4, 0.5) is 5.13 Å². The number of nitrogens with zero attached hydrogens (tertiary/aromatic N) is 2. The van der Waals surface area contributed by atoms with Gasteiger partial charge in [-0.3, -0.25) is 10.1 Å². The van der Waals surface area contributed by atoms with Crippen LogP contribution in [0.2, 0.25) is 0 Å². The monoisotopic (exact) mass is 351 g/mol. The lowest BCUT2D eigenvalue weighted by Gasteiger charge is -2.14. The molecule has 1 N–H and O–H groups in total. The third kappa shape index (κ3) is 5.51. The Morgan fingerprint density at radius 3 is 2.65 bits per heavy atom. The second-order valence-corrected chi connectivity index (χ2v) is 7.61. The summed E-state index contributed by atoms with van der Waals surface area (Å²) in [5, 5.41) is 11.3. The Kier molecular flexibility index (Phi) is 6.41. The van der Waals surface area contributed by atoms with Gasteiger partial charge in [0.1, 0.15) is 5.75 Å². The zero-order valence-corrected chi connectivity index (χ0v) is 15.4. The van der Waals surface area contributed by atoms with Crippen molar-refractivity contribution in [2.75, 3.05) is 11.1 Å². The summed E-state index contributed by atoms with van der Waals surface area (Å²) in [6, 6.07) is 5.90. The quantitative estimate of drug-likeness (QED) is 0.602. The summed E-state index contributed by atoms with van der Waals surface area (Å²) < 4.78 is 6.59. The fraction of sp³-hybridized carbons (Fsp3) is 0.438. The number of amides is 1. The number of hydrogen-bond donors (Lipinski definition) is 1. The summed E-state index contributed by atoms with van der Waals surface area (Å²) in [5.41, 5.74) is 2.21. The maximum Gasteiger partial charge on any atom is 0.266 e. The molecule has 1 aromatic carbocycles. The number of ether oxygens (including phenoxy) is 1. The molecular formula is C16H21N3O2S2. The molecule has 1 heterocycles. The van der Waals surface area contributed by atoms with Gasteiger partial charge < -0.3 is 4.74 Å². The number of aromatic nitrogens is 2. The summed E-state index contributed by atoms with van der Waals surface area (Å²) in [7, 11) is 0. The topological polar surface area (TPSA) is 64.1 Å². The number of thioether (sulfide) groups is 1. The molecule has 2 aromatic rings. The smallest absolute Gasteiger partial charge is 0.266 e. The minimum Gasteiger partial charge on any atom is -0.481 e. The normalized spacial score (nSPS) is 12.0. The molecule has 0 saturated carbocycles. The number of hydrogen-bond acceptors (Lipinski definition) is 6. The Bertz CT molecular complexity index is 653. The molecule has 0 aliphatic heterocycles. The molecule has 0 radical (unpaired) electrons. The van der Waals surface area contributed by atoms with Crippen molar-refractivity contribution in [3.63, 3.8) is 0 Å². The number of anilines is 1. The Morgan fingerprint density at radius 2 is 2.00 bits per heavy atom. The van der Waals surface area contributed by atoms with E-state index in [1.807, 2.05) is 26.0 Å². The van der Waals surface area contributed by atoms with Crippen LogP contribution in [0, 0.1) is 13.8 Å². The van der Waals surface area contributed by atoms with Crippen molar-refractivity contribution in [2.45, 2.75) is 44.6 Å². The zero-order chi connectivity index (χ0) is 16.8. The van der Waals surface area contributed by atoms with Crippen molar-refractivity contribution in [3.05, 3.63) is 29.3 Å². The van der Waals surface area contributed by atoms with E-state index in [9.17, 15) is 4.79 Å². The minimum atomic E-state index is -0.605. The molecule has 0 aliphatic rings. The van der Waals surface area contributed by atoms with Crippen LogP contribution in [0.25, 0.3) is 0 Å². The second kappa shape index (κ2) is 8.31. The van der Waals surface area contributed by atoms with E-state index in [-0.39, 0.29) is 5.91 Å². The summed E-state index contributed by atoms with van der Waals surface area (Å²) in [5.74, 6) is 1.46. The van der Waals surface area contributed by atoms with Gasteiger partial charge in [0.2, 0.25) is 5.13 Å². The Labute approximate surface area is 144 Å². The number of benzene rings is 1. The number of aryl methyl sites for hydroxylation is 2. The predicted molar refractivity (Wildman–Crippen MR) is 95.6 cm³/mol. The number of carbonyl (C=O) groups is 1. The highest BCUT2D eigenvalue weighted by Crippen LogP contribution is 2.26. The molecule has 0 spiro atoms. The first-order chi connectivity index (χ1) is 11.0. The van der Waals surface area contributed by atoms with E-state index in [2.05, 4.69) is 28.5 Å². The lowest BCUT2D eigenvalue weighted by Crippen LogP contribution is -2.30. The third-order valence-electron chi connectivity index (χ3n) is 2.94. The molecule has 0 saturated heterocycles. The Morgan fingerprint density at radius 1 is 1.30 bits per heavy atom. The number of nitrogens with one attached hydrogen (secondary N) is 1. The number of rotatable bonds is 7. The summed E-state index contributed by atoms with van der Waals surface area (Å²) >= 11 is 3.03. The van der Waals surface area contributed by atoms with Crippen molar-refractivity contribution >= 4 is 34.1 Å². The van der Waals surface area contributed by atoms with E-state index in [4.69, 9.17) is 4.74 Å². The van der Waals surface area contributed by atoms with Crippen LogP contribution in [-0.2, 0) is 4.79 Å². The SMILES string of the molecule is CCCSc1nnc(NC(=O)[C@H](C)Oc2cc(C)cc(C)c2)s1. The first-order valence-corrected chi connectivity index (χ1v) is 9.30. The zero-order valence-electron chi connectivity index (χ0n) is 13.8. The van der Waals surface area contributed by atoms with Crippen LogP contribution in [0.3, 0.4) is 0 Å². The van der Waals surface area contributed by atoms with E-state index in [0.717, 1.165) is 27.6 Å². The number of carbonyl (C=O) groups excluding carboxylic acids is 1. The van der Waals surface area contributed by atoms with Crippen LogP contribution in [0.5, 0.6) is 5.75 Å². The first kappa shape index (κ1) is 17.7. The molecule has 5 nitrogen and oxygen atoms in total. The van der Waals surface area contributed by atoms with Gasteiger partial charge in [-0.2, -0.15) is 0 Å². The molecule has 0 aliphatic carbocycles. The van der Waals surface area contributed by atoms with Crippen LogP contribution in [0.15, 0.2) is 22.5 Å². The highest BCUT2D eigenvalue weighted by atomic mass is 32.2. The van der Waals surface area contributed by atoms with E-state index < -0.39 is 6.10 Å². The van der Waals surface area contributed by atoms with Crippen molar-refractivity contribution in [1.29, 1.82) is 0 Å². The van der Waals surface area contributed by atoms with Gasteiger partial charge in [0.25, 0.3) is 5.91 Å². The van der Waals surface area contributed by atoms with Crippen LogP contribution >= 0.6 is 23.1 Å². The van der Waals surface area contributed by atoms with Gasteiger partial charge in [-0.25, -0.2) is 0 Å². The van der Waals surface area contributed by atoms with Crippen molar-refractivity contribution in [1.82, 2.24) is 10.2 Å². The molecule has 0 unspecified atom stereocenters. The second-order valence-electron chi connectivity index (χ2n) is 5.29. The molecule has 7 heteroatoms. The van der Waals surface area contributed by atoms with Gasteiger partial charge in [0.05, 0.1) is 0 Å². The fourth-order valence-electron chi connectivity index (χ4n) is 1.97. The molecular weight excluding hydrogens is 330 g/mol. The first-order valence-electron chi connectivity index (χ1n) is 7.50. The van der Waals surface area contributed by atoms with E-state index in [1.54, 1.807) is 18.7 Å². The summed E-state index contributed by atoms with van der Waals surface area (Å²) in [6.45, 7) is 7.84. The lowest BCUT2D eigenvalue weighted by atomic mass is 10.1. The van der Waals surface area contributed by atoms with Gasteiger partial charge in [-0.15, -0.1) is 10.2 Å². The van der Waals surface area contributed by atoms with Gasteiger partial charge in [0, 0.05) is 5.75 Å². The molecule has 0 bridgehead atoms. The molecule has 124 valence electrons. The van der Waals surface area contributed by atoms with Crippen LogP contribution in [-0.4, -0.2) is 28.0 Å². The maximum atomic E-state index is 12.2. The Hall–Kier alpha value is -1.60. The van der Waals surface area contributed by atoms with E-state index in [1.165, 1.54) is 11.3 Å². The van der Waals surface area contributed by atoms with Gasteiger partial charge in [-0.1, -0.05) is 36.1 Å². The highest BCUT2D eigenvalue weighted by Gasteiger charge is 2.17. The fourth-order valence-corrected chi connectivity index (χ4v) is 3.65. The molecule has 0 fully saturated rings. The van der Waals surface area contributed by atoms with Crippen molar-refractivity contribution < 1.29 is 9.53 Å². The average molecular weight is 351 g/mol. The molecule has 2 rings (SSSR count). The summed E-state index contributed by atoms with van der Waals surface area (Å²) in [4.78, 5) is 12.2. The summed E-state index contributed by atoms with van der Waals surface area (Å²) in [6.07, 6.45) is 0.471. The van der Waals surface area contributed by atoms with E-state index in [0.29, 0.717) is 10.9 Å². The van der Waals surface area contributed by atoms with Crippen molar-refractivity contribution in [2.24, 2.45) is 0 Å². The molecule has 1 aromatic heterocycles. The molecule has 1 amide bonds.